The summed E-state index contributed by atoms with van der Waals surface area (Å²) in [6, 6.07) is 2.53. The molecule has 2 rings (SSSR count). The lowest BCUT2D eigenvalue weighted by Crippen LogP contribution is -2.60. The van der Waals surface area contributed by atoms with E-state index in [1.165, 1.54) is 32.4 Å². The summed E-state index contributed by atoms with van der Waals surface area (Å²) in [5, 5.41) is 18.9. The van der Waals surface area contributed by atoms with Gasteiger partial charge in [-0.05, 0) is 63.4 Å². The Balaban J connectivity index is 2.39. The summed E-state index contributed by atoms with van der Waals surface area (Å²) < 4.78 is 31.7. The average molecular weight is 807 g/mol. The third-order valence-electron chi connectivity index (χ3n) is 11.8. The second-order valence-electron chi connectivity index (χ2n) is 16.8. The Labute approximate surface area is 340 Å². The van der Waals surface area contributed by atoms with Crippen molar-refractivity contribution in [2.24, 2.45) is 28.8 Å². The van der Waals surface area contributed by atoms with E-state index in [4.69, 9.17) is 14.2 Å². The van der Waals surface area contributed by atoms with Crippen LogP contribution in [0, 0.1) is 36.4 Å². The number of nitrogens with zero attached hydrogens (tertiary/aromatic N) is 4. The Morgan fingerprint density at radius 2 is 1.65 bits per heavy atom. The van der Waals surface area contributed by atoms with Gasteiger partial charge >= 0.3 is 0 Å². The fourth-order valence-electron chi connectivity index (χ4n) is 8.46. The van der Waals surface area contributed by atoms with Gasteiger partial charge in [0.2, 0.25) is 23.6 Å². The number of halogens is 1. The van der Waals surface area contributed by atoms with Crippen molar-refractivity contribution >= 4 is 29.3 Å². The third-order valence-corrected chi connectivity index (χ3v) is 11.8. The zero-order valence-corrected chi connectivity index (χ0v) is 37.0. The second-order valence-corrected chi connectivity index (χ2v) is 16.8. The van der Waals surface area contributed by atoms with Crippen molar-refractivity contribution in [2.75, 3.05) is 55.6 Å². The van der Waals surface area contributed by atoms with E-state index in [2.05, 4.69) is 15.8 Å². The maximum absolute atomic E-state index is 14.6. The predicted molar refractivity (Wildman–Crippen MR) is 218 cm³/mol. The van der Waals surface area contributed by atoms with Crippen molar-refractivity contribution in [2.45, 2.75) is 124 Å². The summed E-state index contributed by atoms with van der Waals surface area (Å²) in [6.45, 7) is 17.0. The van der Waals surface area contributed by atoms with Crippen LogP contribution in [0.1, 0.15) is 85.8 Å². The zero-order chi connectivity index (χ0) is 43.5. The Kier molecular flexibility index (Phi) is 19.0. The van der Waals surface area contributed by atoms with E-state index in [0.29, 0.717) is 24.0 Å². The number of oxime groups is 1. The van der Waals surface area contributed by atoms with Crippen LogP contribution in [0.4, 0.5) is 4.39 Å². The standard InChI is InChI=1S/C42H71FN6O8/c1-16-26(6)37(48(12)41(53)35(24(2)3)45-40(52)36(25(4)5)47(10)11)33(56-14)20-34(50)49-23-30(55-13)21-42(49,9)38(57-15)28(8)39(51)44-22-32(46-54)29-17-18-31(43)27(7)19-29/h17-19,24-26,28,30,33,35-38,54H,16,20-23H2,1-15H3,(H,44,51)(H,45,52)/b46-32-/t26?,28-,30-,33-,35+,36+,37+,38-,42+/m1/s1. The minimum absolute atomic E-state index is 0.0206. The number of methoxy groups -OCH3 is 3. The number of amides is 4. The molecule has 1 saturated heterocycles. The maximum atomic E-state index is 14.6. The van der Waals surface area contributed by atoms with Gasteiger partial charge in [-0.15, -0.1) is 0 Å². The summed E-state index contributed by atoms with van der Waals surface area (Å²) in [5.41, 5.74) is -0.0213. The average Bonchev–Trinajstić information content (AvgIpc) is 3.51. The smallest absolute Gasteiger partial charge is 0.245 e. The molecule has 0 saturated carbocycles. The Hall–Kier alpha value is -3.66. The minimum atomic E-state index is -0.996. The number of rotatable bonds is 21. The first-order chi connectivity index (χ1) is 26.6. The molecule has 1 aliphatic rings. The summed E-state index contributed by atoms with van der Waals surface area (Å²) in [4.78, 5) is 61.2. The van der Waals surface area contributed by atoms with Gasteiger partial charge in [0, 0.05) is 46.9 Å². The first-order valence-electron chi connectivity index (χ1n) is 20.0. The second kappa shape index (κ2) is 21.9. The fraction of sp³-hybridized carbons (Fsp3) is 0.738. The van der Waals surface area contributed by atoms with Gasteiger partial charge in [-0.1, -0.05) is 66.1 Å². The van der Waals surface area contributed by atoms with Crippen molar-refractivity contribution in [1.29, 1.82) is 0 Å². The number of hydrogen-bond acceptors (Lipinski definition) is 10. The van der Waals surface area contributed by atoms with E-state index in [9.17, 15) is 28.8 Å². The normalized spacial score (nSPS) is 21.2. The van der Waals surface area contributed by atoms with Gasteiger partial charge in [-0.2, -0.15) is 0 Å². The molecule has 1 fully saturated rings. The number of carbonyl (C=O) groups is 4. The molecule has 4 amide bonds. The van der Waals surface area contributed by atoms with Crippen molar-refractivity contribution in [3.63, 3.8) is 0 Å². The van der Waals surface area contributed by atoms with E-state index < -0.39 is 53.5 Å². The molecule has 1 aromatic rings. The van der Waals surface area contributed by atoms with Crippen molar-refractivity contribution in [1.82, 2.24) is 25.3 Å². The molecule has 1 unspecified atom stereocenters. The highest BCUT2D eigenvalue weighted by molar-refractivity contribution is 6.03. The highest BCUT2D eigenvalue weighted by Gasteiger charge is 2.53. The van der Waals surface area contributed by atoms with Crippen molar-refractivity contribution in [3.8, 4) is 0 Å². The highest BCUT2D eigenvalue weighted by Crippen LogP contribution is 2.39. The lowest BCUT2D eigenvalue weighted by Gasteiger charge is -2.44. The number of benzene rings is 1. The number of likely N-dealkylation sites (N-methyl/N-ethyl adjacent to an activating group) is 2. The predicted octanol–water partition coefficient (Wildman–Crippen LogP) is 4.09. The number of likely N-dealkylation sites (tertiary alicyclic amines) is 1. The van der Waals surface area contributed by atoms with Crippen LogP contribution in [0.5, 0.6) is 0 Å². The fourth-order valence-corrected chi connectivity index (χ4v) is 8.46. The number of hydrogen-bond donors (Lipinski definition) is 3. The molecule has 1 aromatic carbocycles. The highest BCUT2D eigenvalue weighted by atomic mass is 19.1. The molecule has 14 nitrogen and oxygen atoms in total. The van der Waals surface area contributed by atoms with Crippen LogP contribution >= 0.6 is 0 Å². The topological polar surface area (TPSA) is 162 Å². The largest absolute Gasteiger partial charge is 0.411 e. The van der Waals surface area contributed by atoms with Gasteiger partial charge in [0.15, 0.2) is 0 Å². The van der Waals surface area contributed by atoms with Crippen LogP contribution in [0.2, 0.25) is 0 Å². The summed E-state index contributed by atoms with van der Waals surface area (Å²) in [7, 11) is 9.98. The molecule has 0 spiro atoms. The van der Waals surface area contributed by atoms with Gasteiger partial charge in [-0.25, -0.2) is 4.39 Å². The van der Waals surface area contributed by atoms with E-state index >= 15 is 0 Å². The zero-order valence-electron chi connectivity index (χ0n) is 37.0. The van der Waals surface area contributed by atoms with Gasteiger partial charge in [0.1, 0.15) is 17.6 Å². The molecule has 0 aliphatic carbocycles. The van der Waals surface area contributed by atoms with Gasteiger partial charge < -0.3 is 39.9 Å². The van der Waals surface area contributed by atoms with Crippen LogP contribution in [0.25, 0.3) is 0 Å². The molecule has 3 N–H and O–H groups in total. The first-order valence-corrected chi connectivity index (χ1v) is 20.0. The van der Waals surface area contributed by atoms with Gasteiger partial charge in [0.05, 0.1) is 54.8 Å². The van der Waals surface area contributed by atoms with E-state index in [0.717, 1.165) is 0 Å². The lowest BCUT2D eigenvalue weighted by molar-refractivity contribution is -0.152. The van der Waals surface area contributed by atoms with Crippen LogP contribution in [0.15, 0.2) is 23.4 Å². The van der Waals surface area contributed by atoms with Crippen LogP contribution in [-0.2, 0) is 33.4 Å². The van der Waals surface area contributed by atoms with E-state index in [1.807, 2.05) is 67.5 Å². The third kappa shape index (κ3) is 12.0. The molecule has 9 atom stereocenters. The molecule has 0 aromatic heterocycles. The molecule has 0 radical (unpaired) electrons. The summed E-state index contributed by atoms with van der Waals surface area (Å²) in [5.74, 6) is -2.60. The van der Waals surface area contributed by atoms with Gasteiger partial charge in [-0.3, -0.25) is 24.1 Å². The first kappa shape index (κ1) is 49.5. The maximum Gasteiger partial charge on any atom is 0.245 e. The number of ether oxygens (including phenoxy) is 3. The molecule has 57 heavy (non-hydrogen) atoms. The summed E-state index contributed by atoms with van der Waals surface area (Å²) in [6.07, 6.45) is -0.839. The monoisotopic (exact) mass is 807 g/mol. The Morgan fingerprint density at radius 3 is 2.12 bits per heavy atom. The van der Waals surface area contributed by atoms with E-state index in [1.54, 1.807) is 37.8 Å². The Morgan fingerprint density at radius 1 is 1.02 bits per heavy atom. The minimum Gasteiger partial charge on any atom is -0.411 e. The van der Waals surface area contributed by atoms with Crippen LogP contribution in [0.3, 0.4) is 0 Å². The molecule has 1 aliphatic heterocycles. The van der Waals surface area contributed by atoms with Crippen molar-refractivity contribution in [3.05, 3.63) is 35.1 Å². The SMILES string of the molecule is CCC(C)[C@@H]([C@@H](CC(=O)N1C[C@H](OC)C[C@@]1(C)[C@H](OC)[C@@H](C)C(=O)NC/C(=N/O)c1ccc(F)c(C)c1)OC)N(C)C(=O)[C@@H](NC(=O)[C@H](C(C)C)N(C)C)C(C)C. The molecule has 15 heteroatoms. The number of carbonyl (C=O) groups excluding carboxylic acids is 4. The van der Waals surface area contributed by atoms with Crippen molar-refractivity contribution < 1.29 is 43.0 Å². The van der Waals surface area contributed by atoms with E-state index in [-0.39, 0.29) is 66.8 Å². The molecule has 0 bridgehead atoms. The lowest BCUT2D eigenvalue weighted by atomic mass is 9.82. The molecular formula is C42H71FN6O8. The molecule has 324 valence electrons. The Bertz CT molecular complexity index is 1530. The quantitative estimate of drug-likeness (QED) is 0.0945. The summed E-state index contributed by atoms with van der Waals surface area (Å²) >= 11 is 0. The van der Waals surface area contributed by atoms with Crippen LogP contribution < -0.4 is 10.6 Å². The van der Waals surface area contributed by atoms with Crippen LogP contribution in [-0.4, -0.2) is 147 Å². The van der Waals surface area contributed by atoms with Gasteiger partial charge in [0.25, 0.3) is 0 Å². The molecule has 1 heterocycles. The molecular weight excluding hydrogens is 735 g/mol. The number of aryl methyl sites for hydroxylation is 1. The number of nitrogens with one attached hydrogen (secondary N) is 2.